The minimum Gasteiger partial charge on any atom is -0.505 e. The molecule has 5 nitrogen and oxygen atoms in total. The number of hydrogen-bond donors (Lipinski definition) is 2. The number of amides is 1. The first-order valence-corrected chi connectivity index (χ1v) is 7.46. The number of carbonyl (C=O) groups excluding carboxylic acids is 1. The molecular formula is C20H17N3O2. The van der Waals surface area contributed by atoms with Crippen LogP contribution in [-0.2, 0) is 0 Å². The number of fused-ring (bicyclic) bond motifs is 2. The summed E-state index contributed by atoms with van der Waals surface area (Å²) in [4.78, 5) is 21.0. The molecule has 2 aromatic heterocycles. The van der Waals surface area contributed by atoms with Gasteiger partial charge >= 0.3 is 0 Å². The third-order valence-corrected chi connectivity index (χ3v) is 3.87. The number of benzene rings is 2. The number of phenolic OH excluding ortho intramolecular Hbond substituents is 1. The Morgan fingerprint density at radius 1 is 0.840 bits per heavy atom. The van der Waals surface area contributed by atoms with Crippen LogP contribution in [0.25, 0.3) is 21.8 Å². The zero-order valence-corrected chi connectivity index (χ0v) is 12.6. The van der Waals surface area contributed by atoms with Crippen LogP contribution in [0.3, 0.4) is 0 Å². The summed E-state index contributed by atoms with van der Waals surface area (Å²) >= 11 is 0. The van der Waals surface area contributed by atoms with Gasteiger partial charge in [-0.15, -0.1) is 0 Å². The third-order valence-electron chi connectivity index (χ3n) is 3.87. The molecule has 25 heavy (non-hydrogen) atoms. The Balaban J connectivity index is 0.00000182. The molecule has 5 heteroatoms. The summed E-state index contributed by atoms with van der Waals surface area (Å²) in [6, 6.07) is 16.3. The van der Waals surface area contributed by atoms with E-state index in [1.807, 2.05) is 30.3 Å². The predicted molar refractivity (Wildman–Crippen MR) is 99.8 cm³/mol. The number of pyridine rings is 2. The van der Waals surface area contributed by atoms with Crippen LogP contribution in [-0.4, -0.2) is 21.0 Å². The minimum absolute atomic E-state index is 0. The highest BCUT2D eigenvalue weighted by Crippen LogP contribution is 2.28. The van der Waals surface area contributed by atoms with Crippen molar-refractivity contribution < 1.29 is 9.90 Å². The van der Waals surface area contributed by atoms with Crippen molar-refractivity contribution in [2.75, 3.05) is 5.32 Å². The zero-order valence-electron chi connectivity index (χ0n) is 12.6. The Morgan fingerprint density at radius 2 is 1.48 bits per heavy atom. The Bertz CT molecular complexity index is 1070. The Labute approximate surface area is 145 Å². The monoisotopic (exact) mass is 331 g/mol. The maximum Gasteiger partial charge on any atom is 0.259 e. The smallest absolute Gasteiger partial charge is 0.259 e. The molecule has 0 radical (unpaired) electrons. The van der Waals surface area contributed by atoms with Crippen LogP contribution >= 0.6 is 0 Å². The molecule has 0 atom stereocenters. The first kappa shape index (κ1) is 16.4. The number of phenols is 1. The fraction of sp³-hybridized carbons (Fsp3) is 0.0500. The molecule has 0 unspecified atom stereocenters. The number of para-hydroxylation sites is 1. The maximum atomic E-state index is 12.6. The summed E-state index contributed by atoms with van der Waals surface area (Å²) in [7, 11) is 0. The average molecular weight is 331 g/mol. The molecule has 0 saturated heterocycles. The fourth-order valence-corrected chi connectivity index (χ4v) is 2.71. The molecule has 1 amide bonds. The number of nitrogens with one attached hydrogen (secondary N) is 1. The molecule has 0 aliphatic rings. The Kier molecular flexibility index (Phi) is 4.31. The Morgan fingerprint density at radius 3 is 2.24 bits per heavy atom. The topological polar surface area (TPSA) is 75.1 Å². The summed E-state index contributed by atoms with van der Waals surface area (Å²) in [5.41, 5.74) is 1.88. The molecule has 124 valence electrons. The summed E-state index contributed by atoms with van der Waals surface area (Å²) in [6.07, 6.45) is 3.26. The van der Waals surface area contributed by atoms with E-state index in [0.29, 0.717) is 16.7 Å². The molecule has 0 bridgehead atoms. The molecular weight excluding hydrogens is 314 g/mol. The van der Waals surface area contributed by atoms with Crippen LogP contribution < -0.4 is 5.32 Å². The van der Waals surface area contributed by atoms with Gasteiger partial charge in [0.1, 0.15) is 5.52 Å². The SMILES string of the molecule is C.O=C(Nc1cccc2cccnc12)c1ccc2cccnc2c1O. The summed E-state index contributed by atoms with van der Waals surface area (Å²) in [5.74, 6) is -0.531. The number of hydrogen-bond acceptors (Lipinski definition) is 4. The lowest BCUT2D eigenvalue weighted by Crippen LogP contribution is -2.12. The van der Waals surface area contributed by atoms with Gasteiger partial charge in [-0.25, -0.2) is 0 Å². The molecule has 2 N–H and O–H groups in total. The van der Waals surface area contributed by atoms with Gasteiger partial charge in [-0.05, 0) is 24.3 Å². The van der Waals surface area contributed by atoms with Gasteiger partial charge in [0.05, 0.1) is 16.8 Å². The van der Waals surface area contributed by atoms with Crippen molar-refractivity contribution in [2.24, 2.45) is 0 Å². The summed E-state index contributed by atoms with van der Waals surface area (Å²) in [5, 5.41) is 14.9. The predicted octanol–water partition coefficient (Wildman–Crippen LogP) is 4.38. The second kappa shape index (κ2) is 6.57. The van der Waals surface area contributed by atoms with E-state index in [-0.39, 0.29) is 18.7 Å². The zero-order chi connectivity index (χ0) is 16.5. The molecule has 0 aliphatic heterocycles. The lowest BCUT2D eigenvalue weighted by atomic mass is 10.1. The first-order chi connectivity index (χ1) is 11.7. The van der Waals surface area contributed by atoms with Crippen molar-refractivity contribution in [3.63, 3.8) is 0 Å². The summed E-state index contributed by atoms with van der Waals surface area (Å²) < 4.78 is 0. The van der Waals surface area contributed by atoms with Crippen LogP contribution in [0.15, 0.2) is 67.0 Å². The quantitative estimate of drug-likeness (QED) is 0.572. The van der Waals surface area contributed by atoms with E-state index in [0.717, 1.165) is 10.8 Å². The minimum atomic E-state index is -0.404. The highest BCUT2D eigenvalue weighted by Gasteiger charge is 2.15. The lowest BCUT2D eigenvalue weighted by molar-refractivity contribution is 0.102. The van der Waals surface area contributed by atoms with E-state index < -0.39 is 5.91 Å². The van der Waals surface area contributed by atoms with E-state index >= 15 is 0 Å². The van der Waals surface area contributed by atoms with Crippen LogP contribution in [0.5, 0.6) is 5.75 Å². The van der Waals surface area contributed by atoms with Crippen molar-refractivity contribution in [3.05, 3.63) is 72.6 Å². The molecule has 4 aromatic rings. The van der Waals surface area contributed by atoms with Gasteiger partial charge in [0.25, 0.3) is 5.91 Å². The van der Waals surface area contributed by atoms with E-state index in [1.54, 1.807) is 36.7 Å². The van der Waals surface area contributed by atoms with Crippen molar-refractivity contribution in [1.29, 1.82) is 0 Å². The van der Waals surface area contributed by atoms with E-state index in [1.165, 1.54) is 0 Å². The van der Waals surface area contributed by atoms with Gasteiger partial charge in [-0.1, -0.05) is 37.8 Å². The number of aromatic hydroxyl groups is 1. The highest BCUT2D eigenvalue weighted by molar-refractivity contribution is 6.11. The molecule has 0 saturated carbocycles. The van der Waals surface area contributed by atoms with Crippen molar-refractivity contribution in [1.82, 2.24) is 9.97 Å². The van der Waals surface area contributed by atoms with E-state index in [2.05, 4.69) is 15.3 Å². The first-order valence-electron chi connectivity index (χ1n) is 7.46. The number of carbonyl (C=O) groups is 1. The Hall–Kier alpha value is -3.47. The van der Waals surface area contributed by atoms with Crippen LogP contribution in [0, 0.1) is 0 Å². The number of aromatic nitrogens is 2. The molecule has 2 heterocycles. The largest absolute Gasteiger partial charge is 0.505 e. The molecule has 0 fully saturated rings. The number of rotatable bonds is 2. The van der Waals surface area contributed by atoms with E-state index in [9.17, 15) is 9.90 Å². The van der Waals surface area contributed by atoms with Gasteiger partial charge in [-0.2, -0.15) is 0 Å². The number of anilines is 1. The van der Waals surface area contributed by atoms with Crippen molar-refractivity contribution in [3.8, 4) is 5.75 Å². The lowest BCUT2D eigenvalue weighted by Gasteiger charge is -2.10. The van der Waals surface area contributed by atoms with Crippen molar-refractivity contribution in [2.45, 2.75) is 7.43 Å². The summed E-state index contributed by atoms with van der Waals surface area (Å²) in [6.45, 7) is 0. The van der Waals surface area contributed by atoms with Gasteiger partial charge in [0, 0.05) is 23.2 Å². The van der Waals surface area contributed by atoms with Crippen molar-refractivity contribution >= 4 is 33.4 Å². The average Bonchev–Trinajstić information content (AvgIpc) is 2.62. The molecule has 0 aliphatic carbocycles. The molecule has 2 aromatic carbocycles. The third kappa shape index (κ3) is 2.87. The van der Waals surface area contributed by atoms with Crippen LogP contribution in [0.2, 0.25) is 0 Å². The van der Waals surface area contributed by atoms with Gasteiger partial charge < -0.3 is 10.4 Å². The van der Waals surface area contributed by atoms with E-state index in [4.69, 9.17) is 0 Å². The van der Waals surface area contributed by atoms with Crippen LogP contribution in [0.4, 0.5) is 5.69 Å². The maximum absolute atomic E-state index is 12.6. The highest BCUT2D eigenvalue weighted by atomic mass is 16.3. The standard InChI is InChI=1S/C19H13N3O2.CH4/c23-18-14(9-8-13-6-3-11-21-17(13)18)19(24)22-15-7-1-4-12-5-2-10-20-16(12)15;/h1-11,23H,(H,22,24);1H4. The van der Waals surface area contributed by atoms with Gasteiger partial charge in [-0.3, -0.25) is 14.8 Å². The van der Waals surface area contributed by atoms with Gasteiger partial charge in [0.2, 0.25) is 0 Å². The normalized spacial score (nSPS) is 10.4. The van der Waals surface area contributed by atoms with Gasteiger partial charge in [0.15, 0.2) is 5.75 Å². The van der Waals surface area contributed by atoms with Crippen LogP contribution in [0.1, 0.15) is 17.8 Å². The molecule has 0 spiro atoms. The number of nitrogens with zero attached hydrogens (tertiary/aromatic N) is 2. The fourth-order valence-electron chi connectivity index (χ4n) is 2.71. The second-order valence-corrected chi connectivity index (χ2v) is 5.37. The second-order valence-electron chi connectivity index (χ2n) is 5.37. The molecule has 4 rings (SSSR count).